The zero-order chi connectivity index (χ0) is 13.5. The van der Waals surface area contributed by atoms with Crippen molar-refractivity contribution in [2.45, 2.75) is 31.7 Å². The summed E-state index contributed by atoms with van der Waals surface area (Å²) in [5.41, 5.74) is 0. The highest BCUT2D eigenvalue weighted by Crippen LogP contribution is 2.17. The summed E-state index contributed by atoms with van der Waals surface area (Å²) < 4.78 is 0. The van der Waals surface area contributed by atoms with Gasteiger partial charge in [0.25, 0.3) is 0 Å². The molecule has 0 unspecified atom stereocenters. The summed E-state index contributed by atoms with van der Waals surface area (Å²) in [6, 6.07) is 6.25. The van der Waals surface area contributed by atoms with Crippen molar-refractivity contribution in [2.24, 2.45) is 0 Å². The summed E-state index contributed by atoms with van der Waals surface area (Å²) in [5.74, 6) is 1.69. The molecule has 104 valence electrons. The number of amides is 1. The van der Waals surface area contributed by atoms with Gasteiger partial charge in [0.2, 0.25) is 5.91 Å². The predicted molar refractivity (Wildman–Crippen MR) is 77.6 cm³/mol. The number of nitrogens with zero attached hydrogens (tertiary/aromatic N) is 2. The van der Waals surface area contributed by atoms with E-state index in [2.05, 4.69) is 15.2 Å². The van der Waals surface area contributed by atoms with E-state index in [9.17, 15) is 4.79 Å². The third-order valence-corrected chi connectivity index (χ3v) is 3.64. The van der Waals surface area contributed by atoms with Gasteiger partial charge in [-0.2, -0.15) is 0 Å². The number of rotatable bonds is 5. The number of carbonyl (C=O) groups excluding carboxylic acids is 1. The van der Waals surface area contributed by atoms with Crippen LogP contribution in [-0.4, -0.2) is 35.9 Å². The van der Waals surface area contributed by atoms with Gasteiger partial charge in [0.15, 0.2) is 0 Å². The summed E-state index contributed by atoms with van der Waals surface area (Å²) in [6.07, 6.45) is 5.05. The first-order chi connectivity index (χ1) is 9.29. The topological polar surface area (TPSA) is 45.2 Å². The van der Waals surface area contributed by atoms with E-state index >= 15 is 0 Å². The molecule has 1 saturated heterocycles. The molecule has 2 heterocycles. The number of hydrogen-bond donors (Lipinski definition) is 1. The minimum atomic E-state index is 0.122. The van der Waals surface area contributed by atoms with E-state index in [1.807, 2.05) is 24.4 Å². The van der Waals surface area contributed by atoms with Gasteiger partial charge in [-0.3, -0.25) is 4.79 Å². The zero-order valence-electron chi connectivity index (χ0n) is 11.0. The molecule has 0 aromatic carbocycles. The molecule has 1 aromatic rings. The number of aromatic nitrogens is 1. The van der Waals surface area contributed by atoms with Crippen molar-refractivity contribution < 1.29 is 4.79 Å². The van der Waals surface area contributed by atoms with Crippen LogP contribution in [0.4, 0.5) is 5.82 Å². The smallest absolute Gasteiger partial charge is 0.220 e. The monoisotopic (exact) mass is 281 g/mol. The third-order valence-electron chi connectivity index (χ3n) is 3.37. The van der Waals surface area contributed by atoms with Gasteiger partial charge in [-0.15, -0.1) is 11.6 Å². The van der Waals surface area contributed by atoms with Gasteiger partial charge in [0.05, 0.1) is 0 Å². The maximum Gasteiger partial charge on any atom is 0.220 e. The zero-order valence-corrected chi connectivity index (χ0v) is 11.8. The molecule has 5 heteroatoms. The van der Waals surface area contributed by atoms with Crippen LogP contribution < -0.4 is 10.2 Å². The second-order valence-electron chi connectivity index (χ2n) is 4.81. The second-order valence-corrected chi connectivity index (χ2v) is 5.19. The quantitative estimate of drug-likeness (QED) is 0.842. The molecular weight excluding hydrogens is 262 g/mol. The van der Waals surface area contributed by atoms with Gasteiger partial charge in [-0.1, -0.05) is 6.07 Å². The standard InChI is InChI=1S/C14H20ClN3O/c15-8-3-5-14(19)17-12-6-10-18(11-7-12)13-4-1-2-9-16-13/h1-2,4,9,12H,3,5-8,10-11H2,(H,17,19). The number of alkyl halides is 1. The summed E-state index contributed by atoms with van der Waals surface area (Å²) in [6.45, 7) is 1.88. The number of hydrogen-bond acceptors (Lipinski definition) is 3. The minimum absolute atomic E-state index is 0.122. The van der Waals surface area contributed by atoms with Crippen LogP contribution in [0, 0.1) is 0 Å². The predicted octanol–water partition coefficient (Wildman–Crippen LogP) is 2.19. The lowest BCUT2D eigenvalue weighted by molar-refractivity contribution is -0.121. The average molecular weight is 282 g/mol. The van der Waals surface area contributed by atoms with E-state index in [0.717, 1.165) is 38.2 Å². The second kappa shape index (κ2) is 7.34. The molecule has 19 heavy (non-hydrogen) atoms. The molecule has 0 spiro atoms. The maximum atomic E-state index is 11.6. The Kier molecular flexibility index (Phi) is 5.45. The molecule has 2 rings (SSSR count). The van der Waals surface area contributed by atoms with E-state index in [1.54, 1.807) is 0 Å². The van der Waals surface area contributed by atoms with E-state index < -0.39 is 0 Å². The highest BCUT2D eigenvalue weighted by Gasteiger charge is 2.20. The fourth-order valence-corrected chi connectivity index (χ4v) is 2.45. The highest BCUT2D eigenvalue weighted by molar-refractivity contribution is 6.17. The number of carbonyl (C=O) groups is 1. The molecule has 1 aromatic heterocycles. The van der Waals surface area contributed by atoms with E-state index in [4.69, 9.17) is 11.6 Å². The first kappa shape index (κ1) is 14.1. The van der Waals surface area contributed by atoms with Crippen LogP contribution in [0.5, 0.6) is 0 Å². The number of halogens is 1. The molecule has 1 aliphatic rings. The fraction of sp³-hybridized carbons (Fsp3) is 0.571. The highest BCUT2D eigenvalue weighted by atomic mass is 35.5. The SMILES string of the molecule is O=C(CCCCl)NC1CCN(c2ccccn2)CC1. The molecule has 1 aliphatic heterocycles. The molecule has 0 atom stereocenters. The van der Waals surface area contributed by atoms with Crippen molar-refractivity contribution in [3.63, 3.8) is 0 Å². The Bertz CT molecular complexity index is 391. The number of pyridine rings is 1. The first-order valence-electron chi connectivity index (χ1n) is 6.81. The van der Waals surface area contributed by atoms with Crippen LogP contribution in [0.2, 0.25) is 0 Å². The lowest BCUT2D eigenvalue weighted by atomic mass is 10.0. The molecule has 1 fully saturated rings. The Labute approximate surface area is 119 Å². The van der Waals surface area contributed by atoms with Crippen molar-refractivity contribution >= 4 is 23.3 Å². The number of nitrogens with one attached hydrogen (secondary N) is 1. The van der Waals surface area contributed by atoms with Crippen LogP contribution in [0.1, 0.15) is 25.7 Å². The van der Waals surface area contributed by atoms with Gasteiger partial charge >= 0.3 is 0 Å². The number of anilines is 1. The Hall–Kier alpha value is -1.29. The van der Waals surface area contributed by atoms with Crippen molar-refractivity contribution in [1.82, 2.24) is 10.3 Å². The molecule has 0 bridgehead atoms. The molecule has 0 saturated carbocycles. The lowest BCUT2D eigenvalue weighted by Crippen LogP contribution is -2.44. The van der Waals surface area contributed by atoms with Crippen LogP contribution in [0.25, 0.3) is 0 Å². The van der Waals surface area contributed by atoms with Gasteiger partial charge in [0.1, 0.15) is 5.82 Å². The molecule has 4 nitrogen and oxygen atoms in total. The lowest BCUT2D eigenvalue weighted by Gasteiger charge is -2.33. The average Bonchev–Trinajstić information content (AvgIpc) is 2.47. The Morgan fingerprint density at radius 1 is 1.42 bits per heavy atom. The van der Waals surface area contributed by atoms with Crippen LogP contribution >= 0.6 is 11.6 Å². The largest absolute Gasteiger partial charge is 0.356 e. The fourth-order valence-electron chi connectivity index (χ4n) is 2.32. The summed E-state index contributed by atoms with van der Waals surface area (Å²) in [7, 11) is 0. The minimum Gasteiger partial charge on any atom is -0.356 e. The molecule has 1 N–H and O–H groups in total. The molecular formula is C14H20ClN3O. The molecule has 0 aliphatic carbocycles. The van der Waals surface area contributed by atoms with Crippen molar-refractivity contribution in [3.05, 3.63) is 24.4 Å². The first-order valence-corrected chi connectivity index (χ1v) is 7.34. The number of piperidine rings is 1. The molecule has 0 radical (unpaired) electrons. The van der Waals surface area contributed by atoms with Crippen molar-refractivity contribution in [2.75, 3.05) is 23.9 Å². The van der Waals surface area contributed by atoms with Gasteiger partial charge in [-0.25, -0.2) is 4.98 Å². The third kappa shape index (κ3) is 4.39. The Morgan fingerprint density at radius 3 is 2.84 bits per heavy atom. The van der Waals surface area contributed by atoms with Crippen LogP contribution in [-0.2, 0) is 4.79 Å². The summed E-state index contributed by atoms with van der Waals surface area (Å²) in [5, 5.41) is 3.08. The van der Waals surface area contributed by atoms with Crippen LogP contribution in [0.3, 0.4) is 0 Å². The van der Waals surface area contributed by atoms with E-state index in [-0.39, 0.29) is 5.91 Å². The van der Waals surface area contributed by atoms with Crippen molar-refractivity contribution in [1.29, 1.82) is 0 Å². The van der Waals surface area contributed by atoms with E-state index in [0.29, 0.717) is 18.3 Å². The summed E-state index contributed by atoms with van der Waals surface area (Å²) >= 11 is 5.58. The van der Waals surface area contributed by atoms with Gasteiger partial charge in [-0.05, 0) is 31.4 Å². The van der Waals surface area contributed by atoms with E-state index in [1.165, 1.54) is 0 Å². The van der Waals surface area contributed by atoms with Gasteiger partial charge < -0.3 is 10.2 Å². The van der Waals surface area contributed by atoms with Crippen molar-refractivity contribution in [3.8, 4) is 0 Å². The van der Waals surface area contributed by atoms with Crippen LogP contribution in [0.15, 0.2) is 24.4 Å². The Morgan fingerprint density at radius 2 is 2.21 bits per heavy atom. The maximum absolute atomic E-state index is 11.6. The summed E-state index contributed by atoms with van der Waals surface area (Å²) in [4.78, 5) is 18.2. The van der Waals surface area contributed by atoms with Gasteiger partial charge in [0, 0.05) is 37.6 Å². The molecule has 1 amide bonds. The Balaban J connectivity index is 1.75. The normalized spacial score (nSPS) is 16.4.